The molecule has 100 valence electrons. The predicted molar refractivity (Wildman–Crippen MR) is 71.5 cm³/mol. The van der Waals surface area contributed by atoms with Crippen molar-refractivity contribution >= 4 is 34.1 Å². The van der Waals surface area contributed by atoms with Crippen molar-refractivity contribution in [2.45, 2.75) is 27.2 Å². The van der Waals surface area contributed by atoms with E-state index in [9.17, 15) is 19.5 Å². The Morgan fingerprint density at radius 1 is 1.26 bits per heavy atom. The summed E-state index contributed by atoms with van der Waals surface area (Å²) in [5, 5.41) is 9.39. The van der Waals surface area contributed by atoms with Crippen molar-refractivity contribution in [1.82, 2.24) is 0 Å². The fourth-order valence-electron chi connectivity index (χ4n) is 1.86. The number of aryl methyl sites for hydroxylation is 1. The highest BCUT2D eigenvalue weighted by Gasteiger charge is 2.37. The van der Waals surface area contributed by atoms with Gasteiger partial charge in [-0.15, -0.1) is 11.3 Å². The molecule has 0 radical (unpaired) electrons. The first-order chi connectivity index (χ1) is 8.88. The van der Waals surface area contributed by atoms with Gasteiger partial charge in [-0.2, -0.15) is 0 Å². The summed E-state index contributed by atoms with van der Waals surface area (Å²) in [7, 11) is 0. The number of anilines is 1. The van der Waals surface area contributed by atoms with Crippen LogP contribution in [-0.4, -0.2) is 22.9 Å². The van der Waals surface area contributed by atoms with E-state index in [4.69, 9.17) is 0 Å². The largest absolute Gasteiger partial charge is 0.478 e. The van der Waals surface area contributed by atoms with Crippen molar-refractivity contribution < 1.29 is 19.5 Å². The highest BCUT2D eigenvalue weighted by molar-refractivity contribution is 7.17. The topological polar surface area (TPSA) is 74.7 Å². The third-order valence-electron chi connectivity index (χ3n) is 3.16. The minimum atomic E-state index is -1.13. The fourth-order valence-corrected chi connectivity index (χ4v) is 2.94. The highest BCUT2D eigenvalue weighted by Crippen LogP contribution is 2.36. The van der Waals surface area contributed by atoms with Crippen molar-refractivity contribution in [3.63, 3.8) is 0 Å². The number of carbonyl (C=O) groups is 3. The first kappa shape index (κ1) is 13.5. The second-order valence-electron chi connectivity index (χ2n) is 4.29. The fraction of sp³-hybridized carbons (Fsp3) is 0.308. The van der Waals surface area contributed by atoms with Gasteiger partial charge < -0.3 is 5.11 Å². The Morgan fingerprint density at radius 3 is 2.21 bits per heavy atom. The van der Waals surface area contributed by atoms with Crippen LogP contribution in [0, 0.1) is 0 Å². The first-order valence-electron chi connectivity index (χ1n) is 5.80. The third kappa shape index (κ3) is 1.98. The number of hydrogen-bond donors (Lipinski definition) is 1. The van der Waals surface area contributed by atoms with Gasteiger partial charge >= 0.3 is 5.97 Å². The van der Waals surface area contributed by atoms with Crippen LogP contribution in [0.1, 0.15) is 36.0 Å². The summed E-state index contributed by atoms with van der Waals surface area (Å²) in [5.74, 6) is -2.00. The van der Waals surface area contributed by atoms with E-state index < -0.39 is 17.8 Å². The molecular weight excluding hydrogens is 266 g/mol. The lowest BCUT2D eigenvalue weighted by Crippen LogP contribution is -2.31. The predicted octanol–water partition coefficient (Wildman–Crippen LogP) is 2.22. The average molecular weight is 279 g/mol. The van der Waals surface area contributed by atoms with Gasteiger partial charge in [0.1, 0.15) is 5.00 Å². The van der Waals surface area contributed by atoms with E-state index in [-0.39, 0.29) is 10.6 Å². The average Bonchev–Trinajstić information content (AvgIpc) is 2.87. The molecular formula is C13H13NO4S. The summed E-state index contributed by atoms with van der Waals surface area (Å²) in [6.45, 7) is 5.04. The molecule has 0 aliphatic carbocycles. The second kappa shape index (κ2) is 4.62. The molecule has 0 unspecified atom stereocenters. The summed E-state index contributed by atoms with van der Waals surface area (Å²) < 4.78 is 0. The molecule has 2 rings (SSSR count). The molecule has 2 amide bonds. The van der Waals surface area contributed by atoms with Crippen molar-refractivity contribution in [2.75, 3.05) is 4.90 Å². The van der Waals surface area contributed by atoms with E-state index in [1.165, 1.54) is 17.4 Å². The molecule has 6 heteroatoms. The van der Waals surface area contributed by atoms with Gasteiger partial charge in [0.2, 0.25) is 0 Å². The van der Waals surface area contributed by atoms with Crippen molar-refractivity contribution in [2.24, 2.45) is 0 Å². The van der Waals surface area contributed by atoms with Gasteiger partial charge in [0, 0.05) is 16.0 Å². The van der Waals surface area contributed by atoms with E-state index in [0.29, 0.717) is 17.6 Å². The molecule has 0 bridgehead atoms. The van der Waals surface area contributed by atoms with Gasteiger partial charge in [0.05, 0.1) is 5.56 Å². The van der Waals surface area contributed by atoms with Crippen LogP contribution in [0.15, 0.2) is 17.2 Å². The van der Waals surface area contributed by atoms with Crippen LogP contribution in [0.2, 0.25) is 0 Å². The van der Waals surface area contributed by atoms with E-state index in [0.717, 1.165) is 9.78 Å². The molecule has 1 N–H and O–H groups in total. The van der Waals surface area contributed by atoms with Crippen LogP contribution in [0.5, 0.6) is 0 Å². The second-order valence-corrected chi connectivity index (χ2v) is 5.40. The van der Waals surface area contributed by atoms with Crippen molar-refractivity contribution in [3.8, 4) is 0 Å². The number of imide groups is 1. The lowest BCUT2D eigenvalue weighted by molar-refractivity contribution is -0.120. The minimum Gasteiger partial charge on any atom is -0.478 e. The standard InChI is InChI=1S/C13H13NO4S/c1-4-8-5-9(13(17)18)12(19-8)14-10(15)6(2)7(3)11(14)16/h5H,4H2,1-3H3,(H,17,18). The van der Waals surface area contributed by atoms with Gasteiger partial charge in [-0.05, 0) is 26.3 Å². The Kier molecular flexibility index (Phi) is 3.28. The summed E-state index contributed by atoms with van der Waals surface area (Å²) in [4.78, 5) is 37.1. The van der Waals surface area contributed by atoms with E-state index >= 15 is 0 Å². The number of rotatable bonds is 3. The summed E-state index contributed by atoms with van der Waals surface area (Å²) in [6.07, 6.45) is 0.659. The molecule has 0 saturated heterocycles. The number of carbonyl (C=O) groups excluding carboxylic acids is 2. The quantitative estimate of drug-likeness (QED) is 0.861. The maximum absolute atomic E-state index is 12.1. The zero-order valence-electron chi connectivity index (χ0n) is 10.8. The van der Waals surface area contributed by atoms with Crippen LogP contribution in [0.25, 0.3) is 0 Å². The van der Waals surface area contributed by atoms with Gasteiger partial charge in [-0.25, -0.2) is 9.69 Å². The van der Waals surface area contributed by atoms with Crippen LogP contribution in [0.4, 0.5) is 5.00 Å². The third-order valence-corrected chi connectivity index (χ3v) is 4.42. The monoisotopic (exact) mass is 279 g/mol. The van der Waals surface area contributed by atoms with Gasteiger partial charge in [-0.3, -0.25) is 9.59 Å². The molecule has 0 aromatic carbocycles. The summed E-state index contributed by atoms with van der Waals surface area (Å²) in [6, 6.07) is 1.52. The van der Waals surface area contributed by atoms with Gasteiger partial charge in [0.15, 0.2) is 0 Å². The lowest BCUT2D eigenvalue weighted by atomic mass is 10.2. The SMILES string of the molecule is CCc1cc(C(=O)O)c(N2C(=O)C(C)=C(C)C2=O)s1. The molecule has 0 fully saturated rings. The molecule has 0 saturated carbocycles. The molecule has 1 aromatic rings. The smallest absolute Gasteiger partial charge is 0.338 e. The Morgan fingerprint density at radius 2 is 1.79 bits per heavy atom. The molecule has 1 aliphatic heterocycles. The molecule has 1 aliphatic rings. The summed E-state index contributed by atoms with van der Waals surface area (Å²) in [5.41, 5.74) is 0.742. The van der Waals surface area contributed by atoms with Crippen molar-refractivity contribution in [3.05, 3.63) is 27.7 Å². The van der Waals surface area contributed by atoms with Gasteiger partial charge in [0.25, 0.3) is 11.8 Å². The Bertz CT molecular complexity index is 603. The van der Waals surface area contributed by atoms with Crippen LogP contribution in [-0.2, 0) is 16.0 Å². The van der Waals surface area contributed by atoms with Gasteiger partial charge in [-0.1, -0.05) is 6.92 Å². The van der Waals surface area contributed by atoms with E-state index in [1.807, 2.05) is 6.92 Å². The normalized spacial score (nSPS) is 15.6. The minimum absolute atomic E-state index is 0.00560. The molecule has 1 aromatic heterocycles. The van der Waals surface area contributed by atoms with Crippen molar-refractivity contribution in [1.29, 1.82) is 0 Å². The molecule has 2 heterocycles. The van der Waals surface area contributed by atoms with Crippen LogP contribution in [0.3, 0.4) is 0 Å². The van der Waals surface area contributed by atoms with Crippen LogP contribution < -0.4 is 4.90 Å². The summed E-state index contributed by atoms with van der Waals surface area (Å²) >= 11 is 1.17. The van der Waals surface area contributed by atoms with Crippen LogP contribution >= 0.6 is 11.3 Å². The Labute approximate surface area is 114 Å². The number of nitrogens with zero attached hydrogens (tertiary/aromatic N) is 1. The Balaban J connectivity index is 2.55. The number of hydrogen-bond acceptors (Lipinski definition) is 4. The number of carboxylic acids is 1. The zero-order valence-corrected chi connectivity index (χ0v) is 11.6. The maximum atomic E-state index is 12.1. The molecule has 19 heavy (non-hydrogen) atoms. The lowest BCUT2D eigenvalue weighted by Gasteiger charge is -2.13. The number of thiophene rings is 1. The highest BCUT2D eigenvalue weighted by atomic mass is 32.1. The number of aromatic carboxylic acids is 1. The first-order valence-corrected chi connectivity index (χ1v) is 6.62. The molecule has 5 nitrogen and oxygen atoms in total. The number of carboxylic acid groups (broad SMARTS) is 1. The molecule has 0 spiro atoms. The van der Waals surface area contributed by atoms with E-state index in [2.05, 4.69) is 0 Å². The maximum Gasteiger partial charge on any atom is 0.338 e. The zero-order chi connectivity index (χ0) is 14.3. The van der Waals surface area contributed by atoms with E-state index in [1.54, 1.807) is 13.8 Å². The number of amides is 2. The molecule has 0 atom stereocenters. The Hall–Kier alpha value is -1.95.